The quantitative estimate of drug-likeness (QED) is 0.665. The maximum atomic E-state index is 3.72. The largest absolute Gasteiger partial charge is 0.312 e. The van der Waals surface area contributed by atoms with Gasteiger partial charge in [0.25, 0.3) is 0 Å². The molecule has 0 spiro atoms. The van der Waals surface area contributed by atoms with E-state index in [0.29, 0.717) is 0 Å². The van der Waals surface area contributed by atoms with Crippen LogP contribution in [0.2, 0.25) is 0 Å². The highest BCUT2D eigenvalue weighted by Crippen LogP contribution is 2.42. The minimum atomic E-state index is 0.782. The standard InChI is InChI=1S/C14H26N2/c1-3-9-16(4-2)10-8-15-14-11-12-6-5-7-13(12)14/h5,7,12-15H,3-4,6,8-11H2,1-2H3. The fourth-order valence-corrected chi connectivity index (χ4v) is 3.10. The molecular weight excluding hydrogens is 196 g/mol. The van der Waals surface area contributed by atoms with E-state index in [-0.39, 0.29) is 0 Å². The van der Waals surface area contributed by atoms with Gasteiger partial charge in [-0.1, -0.05) is 26.0 Å². The molecule has 0 radical (unpaired) electrons. The maximum absolute atomic E-state index is 3.72. The lowest BCUT2D eigenvalue weighted by Crippen LogP contribution is -2.49. The first-order valence-electron chi connectivity index (χ1n) is 6.97. The number of nitrogens with one attached hydrogen (secondary N) is 1. The number of rotatable bonds is 7. The van der Waals surface area contributed by atoms with Crippen molar-refractivity contribution in [1.29, 1.82) is 0 Å². The summed E-state index contributed by atoms with van der Waals surface area (Å²) in [4.78, 5) is 2.54. The Morgan fingerprint density at radius 3 is 2.88 bits per heavy atom. The van der Waals surface area contributed by atoms with E-state index < -0.39 is 0 Å². The van der Waals surface area contributed by atoms with E-state index in [1.807, 2.05) is 0 Å². The Kier molecular flexibility index (Phi) is 4.42. The monoisotopic (exact) mass is 222 g/mol. The van der Waals surface area contributed by atoms with Gasteiger partial charge in [-0.15, -0.1) is 0 Å². The fourth-order valence-electron chi connectivity index (χ4n) is 3.10. The van der Waals surface area contributed by atoms with Gasteiger partial charge in [0.15, 0.2) is 0 Å². The van der Waals surface area contributed by atoms with Crippen LogP contribution in [0, 0.1) is 11.8 Å². The fraction of sp³-hybridized carbons (Fsp3) is 0.857. The Morgan fingerprint density at radius 2 is 2.19 bits per heavy atom. The Labute approximate surface area is 100 Å². The van der Waals surface area contributed by atoms with Gasteiger partial charge in [-0.2, -0.15) is 0 Å². The van der Waals surface area contributed by atoms with Gasteiger partial charge in [-0.3, -0.25) is 0 Å². The van der Waals surface area contributed by atoms with Crippen LogP contribution in [0.5, 0.6) is 0 Å². The van der Waals surface area contributed by atoms with Crippen molar-refractivity contribution in [1.82, 2.24) is 10.2 Å². The second kappa shape index (κ2) is 5.83. The Morgan fingerprint density at radius 1 is 1.31 bits per heavy atom. The highest BCUT2D eigenvalue weighted by Gasteiger charge is 2.40. The lowest BCUT2D eigenvalue weighted by Gasteiger charge is -2.41. The van der Waals surface area contributed by atoms with Crippen molar-refractivity contribution >= 4 is 0 Å². The van der Waals surface area contributed by atoms with Gasteiger partial charge in [0.05, 0.1) is 0 Å². The Balaban J connectivity index is 1.59. The van der Waals surface area contributed by atoms with Crippen molar-refractivity contribution in [3.05, 3.63) is 12.2 Å². The number of allylic oxidation sites excluding steroid dienone is 1. The van der Waals surface area contributed by atoms with Gasteiger partial charge in [-0.25, -0.2) is 0 Å². The molecule has 2 heteroatoms. The third-order valence-electron chi connectivity index (χ3n) is 4.18. The lowest BCUT2D eigenvalue weighted by molar-refractivity contribution is 0.157. The lowest BCUT2D eigenvalue weighted by atomic mass is 9.71. The number of fused-ring (bicyclic) bond motifs is 1. The van der Waals surface area contributed by atoms with Crippen LogP contribution < -0.4 is 5.32 Å². The summed E-state index contributed by atoms with van der Waals surface area (Å²) >= 11 is 0. The molecule has 16 heavy (non-hydrogen) atoms. The van der Waals surface area contributed by atoms with E-state index in [9.17, 15) is 0 Å². The van der Waals surface area contributed by atoms with Crippen LogP contribution in [0.1, 0.15) is 33.1 Å². The molecule has 92 valence electrons. The average molecular weight is 222 g/mol. The zero-order valence-corrected chi connectivity index (χ0v) is 10.8. The van der Waals surface area contributed by atoms with Crippen molar-refractivity contribution in [2.24, 2.45) is 11.8 Å². The third-order valence-corrected chi connectivity index (χ3v) is 4.18. The Bertz CT molecular complexity index is 237. The Hall–Kier alpha value is -0.340. The molecule has 0 bridgehead atoms. The van der Waals surface area contributed by atoms with Crippen LogP contribution in [0.15, 0.2) is 12.2 Å². The predicted molar refractivity (Wildman–Crippen MR) is 69.5 cm³/mol. The van der Waals surface area contributed by atoms with E-state index >= 15 is 0 Å². The van der Waals surface area contributed by atoms with Gasteiger partial charge in [-0.05, 0) is 44.2 Å². The normalized spacial score (nSPS) is 31.8. The summed E-state index contributed by atoms with van der Waals surface area (Å²) in [6, 6.07) is 0.782. The molecule has 2 aliphatic rings. The molecule has 0 saturated heterocycles. The minimum Gasteiger partial charge on any atom is -0.312 e. The topological polar surface area (TPSA) is 15.3 Å². The summed E-state index contributed by atoms with van der Waals surface area (Å²) in [6.07, 6.45) is 8.80. The molecule has 1 N–H and O–H groups in total. The van der Waals surface area contributed by atoms with Crippen LogP contribution in [0.25, 0.3) is 0 Å². The van der Waals surface area contributed by atoms with Crippen LogP contribution >= 0.6 is 0 Å². The summed E-state index contributed by atoms with van der Waals surface area (Å²) in [5, 5.41) is 3.72. The molecule has 3 atom stereocenters. The summed E-state index contributed by atoms with van der Waals surface area (Å²) < 4.78 is 0. The first kappa shape index (κ1) is 12.1. The summed E-state index contributed by atoms with van der Waals surface area (Å²) in [6.45, 7) is 9.32. The highest BCUT2D eigenvalue weighted by atomic mass is 15.1. The average Bonchev–Trinajstić information content (AvgIpc) is 2.64. The zero-order valence-electron chi connectivity index (χ0n) is 10.8. The molecule has 0 aromatic carbocycles. The molecule has 3 unspecified atom stereocenters. The minimum absolute atomic E-state index is 0.782. The summed E-state index contributed by atoms with van der Waals surface area (Å²) in [7, 11) is 0. The molecular formula is C14H26N2. The molecule has 2 nitrogen and oxygen atoms in total. The molecule has 0 aromatic heterocycles. The smallest absolute Gasteiger partial charge is 0.0136 e. The van der Waals surface area contributed by atoms with Crippen LogP contribution in [-0.4, -0.2) is 37.1 Å². The first-order chi connectivity index (χ1) is 7.85. The van der Waals surface area contributed by atoms with Gasteiger partial charge in [0.2, 0.25) is 0 Å². The van der Waals surface area contributed by atoms with Crippen molar-refractivity contribution < 1.29 is 0 Å². The molecule has 0 aliphatic heterocycles. The van der Waals surface area contributed by atoms with E-state index in [4.69, 9.17) is 0 Å². The van der Waals surface area contributed by atoms with E-state index in [0.717, 1.165) is 24.4 Å². The number of hydrogen-bond donors (Lipinski definition) is 1. The third kappa shape index (κ3) is 2.67. The van der Waals surface area contributed by atoms with Crippen LogP contribution in [-0.2, 0) is 0 Å². The molecule has 1 saturated carbocycles. The molecule has 0 heterocycles. The van der Waals surface area contributed by atoms with Gasteiger partial charge < -0.3 is 10.2 Å². The first-order valence-corrected chi connectivity index (χ1v) is 6.97. The van der Waals surface area contributed by atoms with Crippen molar-refractivity contribution in [3.63, 3.8) is 0 Å². The van der Waals surface area contributed by atoms with E-state index in [1.165, 1.54) is 38.9 Å². The SMILES string of the molecule is CCCN(CC)CCNC1CC2CC=CC21. The molecule has 0 amide bonds. The van der Waals surface area contributed by atoms with Gasteiger partial charge in [0.1, 0.15) is 0 Å². The molecule has 2 aliphatic carbocycles. The van der Waals surface area contributed by atoms with Gasteiger partial charge in [0, 0.05) is 19.1 Å². The van der Waals surface area contributed by atoms with Crippen LogP contribution in [0.3, 0.4) is 0 Å². The van der Waals surface area contributed by atoms with Crippen LogP contribution in [0.4, 0.5) is 0 Å². The molecule has 2 rings (SSSR count). The number of likely N-dealkylation sites (N-methyl/N-ethyl adjacent to an activating group) is 1. The molecule has 1 fully saturated rings. The van der Waals surface area contributed by atoms with E-state index in [2.05, 4.69) is 36.2 Å². The van der Waals surface area contributed by atoms with E-state index in [1.54, 1.807) is 0 Å². The maximum Gasteiger partial charge on any atom is 0.0136 e. The van der Waals surface area contributed by atoms with Crippen molar-refractivity contribution in [2.45, 2.75) is 39.2 Å². The molecule has 0 aromatic rings. The second-order valence-electron chi connectivity index (χ2n) is 5.23. The van der Waals surface area contributed by atoms with Crippen molar-refractivity contribution in [2.75, 3.05) is 26.2 Å². The predicted octanol–water partition coefficient (Wildman–Crippen LogP) is 2.27. The number of hydrogen-bond acceptors (Lipinski definition) is 2. The highest BCUT2D eigenvalue weighted by molar-refractivity contribution is 5.12. The number of nitrogens with zero attached hydrogens (tertiary/aromatic N) is 1. The summed E-state index contributed by atoms with van der Waals surface area (Å²) in [5.74, 6) is 1.84. The van der Waals surface area contributed by atoms with Gasteiger partial charge >= 0.3 is 0 Å². The van der Waals surface area contributed by atoms with Crippen molar-refractivity contribution in [3.8, 4) is 0 Å². The second-order valence-corrected chi connectivity index (χ2v) is 5.23. The summed E-state index contributed by atoms with van der Waals surface area (Å²) in [5.41, 5.74) is 0. The zero-order chi connectivity index (χ0) is 11.4.